The highest BCUT2D eigenvalue weighted by atomic mass is 35.5. The van der Waals surface area contributed by atoms with Crippen LogP contribution in [-0.4, -0.2) is 0 Å². The summed E-state index contributed by atoms with van der Waals surface area (Å²) in [6.45, 7) is 3.79. The van der Waals surface area contributed by atoms with Gasteiger partial charge in [0.25, 0.3) is 0 Å². The van der Waals surface area contributed by atoms with Crippen LogP contribution in [0.2, 0.25) is 5.02 Å². The predicted molar refractivity (Wildman–Crippen MR) is 93.0 cm³/mol. The van der Waals surface area contributed by atoms with E-state index < -0.39 is 16.7 Å². The zero-order chi connectivity index (χ0) is 16.4. The normalized spacial score (nSPS) is 21.5. The smallest absolute Gasteiger partial charge is 0.152 e. The van der Waals surface area contributed by atoms with Gasteiger partial charge in [0.2, 0.25) is 0 Å². The number of hydrogen-bond donors (Lipinski definition) is 0. The molecule has 0 unspecified atom stereocenters. The Kier molecular flexibility index (Phi) is 5.01. The second kappa shape index (κ2) is 7.00. The number of halogens is 3. The monoisotopic (exact) mass is 334 g/mol. The average molecular weight is 335 g/mol. The van der Waals surface area contributed by atoms with Crippen LogP contribution in [0, 0.1) is 17.6 Å². The number of benzene rings is 2. The lowest BCUT2D eigenvalue weighted by molar-refractivity contribution is 0.312. The Bertz CT molecular complexity index is 715. The zero-order valence-electron chi connectivity index (χ0n) is 13.1. The Morgan fingerprint density at radius 1 is 1.13 bits per heavy atom. The maximum Gasteiger partial charge on any atom is 0.152 e. The fraction of sp³-hybridized carbons (Fsp3) is 0.400. The molecule has 2 aromatic carbocycles. The van der Waals surface area contributed by atoms with Crippen molar-refractivity contribution in [3.05, 3.63) is 59.1 Å². The third-order valence-electron chi connectivity index (χ3n) is 5.09. The Balaban J connectivity index is 1.79. The number of rotatable bonds is 4. The number of hydrogen-bond acceptors (Lipinski definition) is 0. The lowest BCUT2D eigenvalue weighted by Gasteiger charge is -2.28. The first-order valence-corrected chi connectivity index (χ1v) is 8.66. The van der Waals surface area contributed by atoms with E-state index in [1.165, 1.54) is 30.9 Å². The summed E-state index contributed by atoms with van der Waals surface area (Å²) in [4.78, 5) is 0. The minimum absolute atomic E-state index is 0.389. The fourth-order valence-corrected chi connectivity index (χ4v) is 3.87. The van der Waals surface area contributed by atoms with Crippen molar-refractivity contribution in [2.45, 2.75) is 44.4 Å². The van der Waals surface area contributed by atoms with E-state index in [4.69, 9.17) is 11.6 Å². The van der Waals surface area contributed by atoms with E-state index in [1.807, 2.05) is 18.2 Å². The molecule has 0 aliphatic heterocycles. The minimum Gasteiger partial charge on any atom is -0.205 e. The highest BCUT2D eigenvalue weighted by Gasteiger charge is 2.22. The van der Waals surface area contributed by atoms with Crippen molar-refractivity contribution in [2.75, 3.05) is 0 Å². The first-order valence-electron chi connectivity index (χ1n) is 8.28. The third kappa shape index (κ3) is 3.42. The van der Waals surface area contributed by atoms with Gasteiger partial charge in [-0.3, -0.25) is 0 Å². The first-order chi connectivity index (χ1) is 11.1. The molecule has 23 heavy (non-hydrogen) atoms. The maximum absolute atomic E-state index is 14.0. The minimum atomic E-state index is -0.693. The standard InChI is InChI=1S/C20H21ClF2/c1-2-3-4-13-5-7-14(8-6-13)15-9-10-17-16(11-15)12-18(22)19(21)20(17)23/h2,9-14H,1,3-8H2. The molecule has 0 spiro atoms. The molecule has 3 heteroatoms. The Labute approximate surface area is 141 Å². The van der Waals surface area contributed by atoms with Crippen molar-refractivity contribution in [3.8, 4) is 0 Å². The molecule has 0 heterocycles. The Morgan fingerprint density at radius 2 is 1.87 bits per heavy atom. The molecule has 0 N–H and O–H groups in total. The van der Waals surface area contributed by atoms with Gasteiger partial charge in [-0.2, -0.15) is 0 Å². The van der Waals surface area contributed by atoms with Crippen LogP contribution in [0.1, 0.15) is 50.0 Å². The summed E-state index contributed by atoms with van der Waals surface area (Å²) in [6.07, 6.45) is 9.04. The van der Waals surface area contributed by atoms with Gasteiger partial charge >= 0.3 is 0 Å². The van der Waals surface area contributed by atoms with Crippen molar-refractivity contribution < 1.29 is 8.78 Å². The molecule has 0 aromatic heterocycles. The summed E-state index contributed by atoms with van der Waals surface area (Å²) in [7, 11) is 0. The molecule has 1 aliphatic rings. The first kappa shape index (κ1) is 16.4. The Morgan fingerprint density at radius 3 is 2.57 bits per heavy atom. The highest BCUT2D eigenvalue weighted by Crippen LogP contribution is 2.39. The van der Waals surface area contributed by atoms with Crippen molar-refractivity contribution in [1.29, 1.82) is 0 Å². The lowest BCUT2D eigenvalue weighted by Crippen LogP contribution is -2.13. The number of allylic oxidation sites excluding steroid dienone is 1. The van der Waals surface area contributed by atoms with Crippen LogP contribution < -0.4 is 0 Å². The van der Waals surface area contributed by atoms with E-state index in [0.29, 0.717) is 16.7 Å². The summed E-state index contributed by atoms with van der Waals surface area (Å²) in [5, 5.41) is 0.559. The molecule has 0 saturated heterocycles. The molecule has 0 amide bonds. The second-order valence-electron chi connectivity index (χ2n) is 6.55. The van der Waals surface area contributed by atoms with Gasteiger partial charge < -0.3 is 0 Å². The quantitative estimate of drug-likeness (QED) is 0.416. The van der Waals surface area contributed by atoms with E-state index in [-0.39, 0.29) is 0 Å². The van der Waals surface area contributed by atoms with Crippen molar-refractivity contribution in [2.24, 2.45) is 5.92 Å². The summed E-state index contributed by atoms with van der Waals surface area (Å²) >= 11 is 5.65. The average Bonchev–Trinajstić information content (AvgIpc) is 2.58. The molecule has 0 bridgehead atoms. The molecule has 0 radical (unpaired) electrons. The van der Waals surface area contributed by atoms with Crippen LogP contribution in [0.25, 0.3) is 10.8 Å². The van der Waals surface area contributed by atoms with Crippen LogP contribution in [0.4, 0.5) is 8.78 Å². The lowest BCUT2D eigenvalue weighted by atomic mass is 9.77. The van der Waals surface area contributed by atoms with Gasteiger partial charge in [0.15, 0.2) is 5.82 Å². The molecule has 0 nitrogen and oxygen atoms in total. The van der Waals surface area contributed by atoms with E-state index in [2.05, 4.69) is 6.58 Å². The summed E-state index contributed by atoms with van der Waals surface area (Å²) in [6, 6.07) is 6.95. The predicted octanol–water partition coefficient (Wildman–Crippen LogP) is 7.01. The molecule has 3 rings (SSSR count). The summed E-state index contributed by atoms with van der Waals surface area (Å²) in [5.41, 5.74) is 1.18. The van der Waals surface area contributed by atoms with Crippen LogP contribution in [0.5, 0.6) is 0 Å². The molecular weight excluding hydrogens is 314 g/mol. The van der Waals surface area contributed by atoms with Gasteiger partial charge in [-0.05, 0) is 67.4 Å². The zero-order valence-corrected chi connectivity index (χ0v) is 13.9. The van der Waals surface area contributed by atoms with Crippen molar-refractivity contribution in [3.63, 3.8) is 0 Å². The third-order valence-corrected chi connectivity index (χ3v) is 5.44. The molecule has 122 valence electrons. The van der Waals surface area contributed by atoms with Crippen LogP contribution in [0.15, 0.2) is 36.9 Å². The van der Waals surface area contributed by atoms with Gasteiger partial charge in [0.1, 0.15) is 10.8 Å². The van der Waals surface area contributed by atoms with Crippen LogP contribution in [0.3, 0.4) is 0 Å². The van der Waals surface area contributed by atoms with Gasteiger partial charge in [-0.15, -0.1) is 6.58 Å². The Hall–Kier alpha value is -1.41. The van der Waals surface area contributed by atoms with E-state index in [1.54, 1.807) is 6.07 Å². The van der Waals surface area contributed by atoms with Gasteiger partial charge in [0.05, 0.1) is 0 Å². The van der Waals surface area contributed by atoms with E-state index >= 15 is 0 Å². The SMILES string of the molecule is C=CCCC1CCC(c2ccc3c(F)c(Cl)c(F)cc3c2)CC1. The molecule has 2 aromatic rings. The summed E-state index contributed by atoms with van der Waals surface area (Å²) in [5.74, 6) is -0.0807. The molecule has 1 fully saturated rings. The van der Waals surface area contributed by atoms with Crippen LogP contribution >= 0.6 is 11.6 Å². The van der Waals surface area contributed by atoms with E-state index in [0.717, 1.165) is 25.2 Å². The largest absolute Gasteiger partial charge is 0.205 e. The molecule has 1 aliphatic carbocycles. The highest BCUT2D eigenvalue weighted by molar-refractivity contribution is 6.31. The maximum atomic E-state index is 14.0. The van der Waals surface area contributed by atoms with Gasteiger partial charge in [0, 0.05) is 5.39 Å². The molecule has 1 saturated carbocycles. The van der Waals surface area contributed by atoms with Crippen molar-refractivity contribution in [1.82, 2.24) is 0 Å². The number of fused-ring (bicyclic) bond motifs is 1. The van der Waals surface area contributed by atoms with Gasteiger partial charge in [-0.25, -0.2) is 8.78 Å². The fourth-order valence-electron chi connectivity index (χ4n) is 3.72. The topological polar surface area (TPSA) is 0 Å². The van der Waals surface area contributed by atoms with Gasteiger partial charge in [-0.1, -0.05) is 35.9 Å². The van der Waals surface area contributed by atoms with Crippen LogP contribution in [-0.2, 0) is 0 Å². The molecule has 0 atom stereocenters. The molecular formula is C20H21ClF2. The second-order valence-corrected chi connectivity index (χ2v) is 6.93. The van der Waals surface area contributed by atoms with E-state index in [9.17, 15) is 8.78 Å². The summed E-state index contributed by atoms with van der Waals surface area (Å²) < 4.78 is 27.7. The van der Waals surface area contributed by atoms with Crippen molar-refractivity contribution >= 4 is 22.4 Å².